The van der Waals surface area contributed by atoms with Gasteiger partial charge in [0.05, 0.1) is 25.2 Å². The van der Waals surface area contributed by atoms with E-state index < -0.39 is 6.43 Å². The van der Waals surface area contributed by atoms with E-state index in [1.165, 1.54) is 0 Å². The first kappa shape index (κ1) is 28.5. The van der Waals surface area contributed by atoms with Crippen LogP contribution in [-0.4, -0.2) is 98.3 Å². The van der Waals surface area contributed by atoms with Crippen LogP contribution in [0.5, 0.6) is 0 Å². The maximum Gasteiger partial charge on any atom is 0.410 e. The lowest BCUT2D eigenvalue weighted by Gasteiger charge is -2.44. The number of hydrogen-bond acceptors (Lipinski definition) is 6. The number of piperidine rings is 1. The number of hydrogen-bond donors (Lipinski definition) is 0. The lowest BCUT2D eigenvalue weighted by atomic mass is 9.68. The van der Waals surface area contributed by atoms with Crippen LogP contribution >= 0.6 is 0 Å². The van der Waals surface area contributed by atoms with Crippen molar-refractivity contribution in [1.82, 2.24) is 9.80 Å². The molecule has 1 aliphatic carbocycles. The molecule has 4 unspecified atom stereocenters. The van der Waals surface area contributed by atoms with Crippen LogP contribution in [0.1, 0.15) is 72.1 Å². The van der Waals surface area contributed by atoms with E-state index in [-0.39, 0.29) is 48.1 Å². The van der Waals surface area contributed by atoms with Crippen LogP contribution in [0.15, 0.2) is 0 Å². The minimum Gasteiger partial charge on any atom is -0.443 e. The van der Waals surface area contributed by atoms with Crippen molar-refractivity contribution in [2.45, 2.75) is 108 Å². The molecule has 4 heterocycles. The van der Waals surface area contributed by atoms with Crippen molar-refractivity contribution >= 4 is 6.09 Å². The molecule has 4 aliphatic heterocycles. The highest BCUT2D eigenvalue weighted by Gasteiger charge is 2.72. The number of carbonyl (C=O) groups is 1. The van der Waals surface area contributed by atoms with Crippen molar-refractivity contribution in [3.05, 3.63) is 0 Å². The zero-order chi connectivity index (χ0) is 27.1. The van der Waals surface area contributed by atoms with E-state index in [9.17, 15) is 13.6 Å². The summed E-state index contributed by atoms with van der Waals surface area (Å²) in [5.41, 5.74) is -0.503. The van der Waals surface area contributed by atoms with Crippen LogP contribution in [0, 0.1) is 23.7 Å². The van der Waals surface area contributed by atoms with Crippen LogP contribution in [0.4, 0.5) is 13.6 Å². The van der Waals surface area contributed by atoms with Gasteiger partial charge in [0.1, 0.15) is 23.4 Å². The molecular weight excluding hydrogens is 494 g/mol. The Kier molecular flexibility index (Phi) is 8.59. The third kappa shape index (κ3) is 6.16. The highest BCUT2D eigenvalue weighted by Crippen LogP contribution is 2.59. The smallest absolute Gasteiger partial charge is 0.410 e. The zero-order valence-electron chi connectivity index (χ0n) is 23.7. The monoisotopic (exact) mass is 542 g/mol. The molecule has 0 aromatic carbocycles. The second-order valence-electron chi connectivity index (χ2n) is 13.2. The van der Waals surface area contributed by atoms with Gasteiger partial charge in [-0.1, -0.05) is 13.8 Å². The SMILES string of the molecule is COC1C(OC(=O)N2CC(CCC3CCN(CC(F)F)CC3)C2)CCC2(CO2)C1[C@@]1(C)O[C@@H]1CCC(C)C. The summed E-state index contributed by atoms with van der Waals surface area (Å²) >= 11 is 0. The Morgan fingerprint density at radius 2 is 1.76 bits per heavy atom. The van der Waals surface area contributed by atoms with E-state index in [1.54, 1.807) is 7.11 Å². The topological polar surface area (TPSA) is 67.1 Å². The van der Waals surface area contributed by atoms with Crippen molar-refractivity contribution in [3.8, 4) is 0 Å². The maximum atomic E-state index is 13.0. The number of nitrogens with zero attached hydrogens (tertiary/aromatic N) is 2. The third-order valence-corrected chi connectivity index (χ3v) is 10.1. The summed E-state index contributed by atoms with van der Waals surface area (Å²) in [7, 11) is 1.71. The summed E-state index contributed by atoms with van der Waals surface area (Å²) in [6, 6.07) is 0. The molecule has 0 aromatic rings. The van der Waals surface area contributed by atoms with Crippen molar-refractivity contribution in [2.24, 2.45) is 23.7 Å². The lowest BCUT2D eigenvalue weighted by Crippen LogP contribution is -2.57. The van der Waals surface area contributed by atoms with Crippen LogP contribution in [0.3, 0.4) is 0 Å². The van der Waals surface area contributed by atoms with Gasteiger partial charge in [0.25, 0.3) is 6.43 Å². The molecule has 5 fully saturated rings. The summed E-state index contributed by atoms with van der Waals surface area (Å²) in [5.74, 6) is 1.81. The van der Waals surface area contributed by atoms with Gasteiger partial charge in [0, 0.05) is 20.2 Å². The number of epoxide rings is 2. The van der Waals surface area contributed by atoms with E-state index >= 15 is 0 Å². The van der Waals surface area contributed by atoms with E-state index in [1.807, 2.05) is 9.80 Å². The Bertz CT molecular complexity index is 813. The summed E-state index contributed by atoms with van der Waals surface area (Å²) in [6.45, 7) is 10.3. The number of carbonyl (C=O) groups excluding carboxylic acids is 1. The fourth-order valence-corrected chi connectivity index (χ4v) is 7.51. The molecule has 5 rings (SSSR count). The first-order valence-electron chi connectivity index (χ1n) is 14.9. The number of ether oxygens (including phenoxy) is 4. The number of halogens is 2. The third-order valence-electron chi connectivity index (χ3n) is 10.1. The van der Waals surface area contributed by atoms with E-state index in [0.717, 1.165) is 84.2 Å². The van der Waals surface area contributed by atoms with Crippen molar-refractivity contribution in [2.75, 3.05) is 46.4 Å². The fourth-order valence-electron chi connectivity index (χ4n) is 7.51. The van der Waals surface area contributed by atoms with E-state index in [4.69, 9.17) is 18.9 Å². The van der Waals surface area contributed by atoms with Crippen LogP contribution in [-0.2, 0) is 18.9 Å². The van der Waals surface area contributed by atoms with Gasteiger partial charge in [0.15, 0.2) is 0 Å². The van der Waals surface area contributed by atoms with E-state index in [2.05, 4.69) is 20.8 Å². The number of likely N-dealkylation sites (tertiary alicyclic amines) is 2. The summed E-state index contributed by atoms with van der Waals surface area (Å²) in [4.78, 5) is 16.7. The van der Waals surface area contributed by atoms with Crippen LogP contribution in [0.25, 0.3) is 0 Å². The zero-order valence-corrected chi connectivity index (χ0v) is 23.7. The Hall–Kier alpha value is -1.03. The first-order valence-corrected chi connectivity index (χ1v) is 14.9. The molecule has 218 valence electrons. The highest BCUT2D eigenvalue weighted by molar-refractivity contribution is 5.69. The predicted molar refractivity (Wildman–Crippen MR) is 139 cm³/mol. The molecular formula is C29H48F2N2O5. The largest absolute Gasteiger partial charge is 0.443 e. The molecule has 9 heteroatoms. The van der Waals surface area contributed by atoms with Gasteiger partial charge in [-0.05, 0) is 89.1 Å². The molecule has 1 amide bonds. The standard InChI is InChI=1S/C29H48F2N2O5/c1-19(2)5-8-23-28(3,38-23)26-25(35-4)22(9-12-29(26)18-36-29)37-27(34)33-15-21(16-33)7-6-20-10-13-32(14-11-20)17-24(30)31/h19-26H,5-18H2,1-4H3/t22?,23-,25?,26?,28+,29?/m1/s1. The van der Waals surface area contributed by atoms with Gasteiger partial charge >= 0.3 is 6.09 Å². The fraction of sp³-hybridized carbons (Fsp3) is 0.966. The van der Waals surface area contributed by atoms with Gasteiger partial charge < -0.3 is 23.8 Å². The van der Waals surface area contributed by atoms with Crippen LogP contribution < -0.4 is 0 Å². The minimum atomic E-state index is -2.24. The number of alkyl halides is 2. The van der Waals surface area contributed by atoms with E-state index in [0.29, 0.717) is 17.8 Å². The quantitative estimate of drug-likeness (QED) is 0.344. The van der Waals surface area contributed by atoms with Crippen molar-refractivity contribution in [3.63, 3.8) is 0 Å². The summed E-state index contributed by atoms with van der Waals surface area (Å²) in [6.07, 6.45) is 5.16. The van der Waals surface area contributed by atoms with Gasteiger partial charge in [0.2, 0.25) is 0 Å². The van der Waals surface area contributed by atoms with Gasteiger partial charge in [-0.2, -0.15) is 0 Å². The Balaban J connectivity index is 1.07. The van der Waals surface area contributed by atoms with Crippen molar-refractivity contribution < 1.29 is 32.5 Å². The maximum absolute atomic E-state index is 13.0. The molecule has 0 N–H and O–H groups in total. The Morgan fingerprint density at radius 1 is 1.08 bits per heavy atom. The molecule has 1 saturated carbocycles. The molecule has 0 bridgehead atoms. The van der Waals surface area contributed by atoms with Gasteiger partial charge in [-0.15, -0.1) is 0 Å². The number of rotatable bonds is 11. The Morgan fingerprint density at radius 3 is 2.37 bits per heavy atom. The number of amides is 1. The predicted octanol–water partition coefficient (Wildman–Crippen LogP) is 4.97. The average molecular weight is 543 g/mol. The van der Waals surface area contributed by atoms with Gasteiger partial charge in [-0.25, -0.2) is 13.6 Å². The Labute approximate surface area is 226 Å². The molecule has 1 spiro atoms. The second kappa shape index (κ2) is 11.5. The molecule has 38 heavy (non-hydrogen) atoms. The molecule has 0 aromatic heterocycles. The minimum absolute atomic E-state index is 0.0555. The molecule has 7 nitrogen and oxygen atoms in total. The molecule has 6 atom stereocenters. The second-order valence-corrected chi connectivity index (χ2v) is 13.2. The van der Waals surface area contributed by atoms with Gasteiger partial charge in [-0.3, -0.25) is 4.90 Å². The van der Waals surface area contributed by atoms with Crippen molar-refractivity contribution in [1.29, 1.82) is 0 Å². The summed E-state index contributed by atoms with van der Waals surface area (Å²) in [5, 5.41) is 0. The first-order chi connectivity index (χ1) is 18.1. The molecule has 4 saturated heterocycles. The average Bonchev–Trinajstić information content (AvgIpc) is 3.75. The molecule has 5 aliphatic rings. The highest BCUT2D eigenvalue weighted by atomic mass is 19.3. The molecule has 0 radical (unpaired) electrons. The summed E-state index contributed by atoms with van der Waals surface area (Å²) < 4.78 is 49.6. The lowest BCUT2D eigenvalue weighted by molar-refractivity contribution is -0.124. The normalized spacial score (nSPS) is 38.2. The number of methoxy groups -OCH3 is 1. The van der Waals surface area contributed by atoms with Crippen LogP contribution in [0.2, 0.25) is 0 Å².